The number of carbonyl (C=O) groups excluding carboxylic acids is 3. The van der Waals surface area contributed by atoms with Crippen molar-refractivity contribution in [1.29, 1.82) is 0 Å². The summed E-state index contributed by atoms with van der Waals surface area (Å²) in [5.41, 5.74) is 0.565. The molecule has 1 unspecified atom stereocenters. The van der Waals surface area contributed by atoms with Gasteiger partial charge in [0, 0.05) is 35.8 Å². The summed E-state index contributed by atoms with van der Waals surface area (Å²) in [6, 6.07) is 2.24. The highest BCUT2D eigenvalue weighted by atomic mass is 19.1. The van der Waals surface area contributed by atoms with Gasteiger partial charge in [-0.15, -0.1) is 0 Å². The maximum absolute atomic E-state index is 14.5. The third-order valence-corrected chi connectivity index (χ3v) is 7.97. The number of phenols is 1. The number of amides is 1. The molecule has 1 aromatic rings. The molecule has 0 saturated carbocycles. The third kappa shape index (κ3) is 3.80. The van der Waals surface area contributed by atoms with Crippen molar-refractivity contribution >= 4 is 17.7 Å². The molecule has 34 heavy (non-hydrogen) atoms. The Morgan fingerprint density at radius 2 is 2.03 bits per heavy atom. The van der Waals surface area contributed by atoms with E-state index in [9.17, 15) is 34.1 Å². The standard InChI is InChI=1S/C25H31FN2O6/c1-12-17(23(25(33)34)27-22(12)20(14(3)29)24(27)32)11-28(4)8-7-15(10-28)9-19(31)16-5-6-18(30)13(2)21(16)26/h5-6,12,14-15,20,22,29H,7-11H2,1-4H3,(H-,30,31,33,34)/t12-,14+,15-,20+,22+,28?/m0/s1. The van der Waals surface area contributed by atoms with E-state index < -0.39 is 23.8 Å². The minimum absolute atomic E-state index is 0.00130. The zero-order chi connectivity index (χ0) is 25.1. The first kappa shape index (κ1) is 24.3. The van der Waals surface area contributed by atoms with Crippen LogP contribution in [0.1, 0.15) is 42.6 Å². The Morgan fingerprint density at radius 3 is 2.65 bits per heavy atom. The van der Waals surface area contributed by atoms with Crippen molar-refractivity contribution in [2.24, 2.45) is 17.8 Å². The molecule has 2 saturated heterocycles. The quantitative estimate of drug-likeness (QED) is 0.342. The summed E-state index contributed by atoms with van der Waals surface area (Å²) >= 11 is 0. The van der Waals surface area contributed by atoms with Gasteiger partial charge in [-0.3, -0.25) is 9.59 Å². The molecule has 3 heterocycles. The van der Waals surface area contributed by atoms with E-state index in [0.717, 1.165) is 6.42 Å². The average molecular weight is 475 g/mol. The van der Waals surface area contributed by atoms with Gasteiger partial charge in [-0.2, -0.15) is 0 Å². The van der Waals surface area contributed by atoms with E-state index in [0.29, 0.717) is 29.7 Å². The SMILES string of the molecule is Cc1c(O)ccc(C(=O)C[C@@H]2CC[N+](C)(CC3=C(C(=O)[O-])N4C(=O)[C@H]([C@@H](C)O)[C@H]4[C@H]3C)C2)c1F. The maximum Gasteiger partial charge on any atom is 0.235 e. The molecule has 0 spiro atoms. The highest BCUT2D eigenvalue weighted by molar-refractivity contribution is 5.99. The van der Waals surface area contributed by atoms with E-state index in [2.05, 4.69) is 0 Å². The monoisotopic (exact) mass is 474 g/mol. The fraction of sp³-hybridized carbons (Fsp3) is 0.560. The number of carbonyl (C=O) groups is 3. The second kappa shape index (κ2) is 8.46. The first-order chi connectivity index (χ1) is 15.9. The van der Waals surface area contributed by atoms with Gasteiger partial charge in [-0.25, -0.2) is 4.39 Å². The van der Waals surface area contributed by atoms with Crippen LogP contribution in [0.15, 0.2) is 23.4 Å². The van der Waals surface area contributed by atoms with Crippen molar-refractivity contribution in [2.45, 2.75) is 45.8 Å². The molecule has 2 N–H and O–H groups in total. The van der Waals surface area contributed by atoms with Gasteiger partial charge in [0.25, 0.3) is 0 Å². The second-order valence-electron chi connectivity index (χ2n) is 10.5. The molecule has 0 aromatic heterocycles. The summed E-state index contributed by atoms with van der Waals surface area (Å²) in [5, 5.41) is 31.6. The molecule has 3 aliphatic heterocycles. The number of hydrogen-bond donors (Lipinski definition) is 2. The Bertz CT molecular complexity index is 1100. The first-order valence-electron chi connectivity index (χ1n) is 11.7. The van der Waals surface area contributed by atoms with E-state index in [1.165, 1.54) is 30.9 Å². The van der Waals surface area contributed by atoms with Gasteiger partial charge >= 0.3 is 0 Å². The molecule has 0 aliphatic carbocycles. The number of likely N-dealkylation sites (N-methyl/N-ethyl adjacent to an activating group) is 1. The Hall–Kier alpha value is -2.78. The number of hydrogen-bond acceptors (Lipinski definition) is 6. The van der Waals surface area contributed by atoms with Crippen molar-refractivity contribution in [3.05, 3.63) is 40.3 Å². The molecule has 1 amide bonds. The Kier molecular flexibility index (Phi) is 6.06. The maximum atomic E-state index is 14.5. The fourth-order valence-electron chi connectivity index (χ4n) is 6.13. The summed E-state index contributed by atoms with van der Waals surface area (Å²) in [5.74, 6) is -3.85. The van der Waals surface area contributed by atoms with Crippen molar-refractivity contribution in [1.82, 2.24) is 4.90 Å². The van der Waals surface area contributed by atoms with Crippen LogP contribution in [0.2, 0.25) is 0 Å². The number of quaternary nitrogens is 1. The van der Waals surface area contributed by atoms with E-state index in [1.807, 2.05) is 14.0 Å². The van der Waals surface area contributed by atoms with E-state index in [4.69, 9.17) is 0 Å². The Balaban J connectivity index is 1.49. The van der Waals surface area contributed by atoms with Crippen LogP contribution in [-0.2, 0) is 9.59 Å². The van der Waals surface area contributed by atoms with E-state index in [-0.39, 0.29) is 58.6 Å². The van der Waals surface area contributed by atoms with Crippen LogP contribution in [0.5, 0.6) is 5.75 Å². The Morgan fingerprint density at radius 1 is 1.35 bits per heavy atom. The third-order valence-electron chi connectivity index (χ3n) is 7.97. The number of likely N-dealkylation sites (tertiary alicyclic amines) is 1. The highest BCUT2D eigenvalue weighted by Crippen LogP contribution is 2.47. The van der Waals surface area contributed by atoms with Gasteiger partial charge in [-0.05, 0) is 26.0 Å². The molecule has 8 nitrogen and oxygen atoms in total. The van der Waals surface area contributed by atoms with Crippen molar-refractivity contribution in [3.63, 3.8) is 0 Å². The fourth-order valence-corrected chi connectivity index (χ4v) is 6.13. The van der Waals surface area contributed by atoms with Gasteiger partial charge in [0.1, 0.15) is 18.1 Å². The number of ketones is 1. The minimum atomic E-state index is -1.39. The molecule has 9 heteroatoms. The van der Waals surface area contributed by atoms with Gasteiger partial charge in [-0.1, -0.05) is 6.92 Å². The molecular formula is C25H31FN2O6. The molecule has 4 rings (SSSR count). The molecule has 2 fully saturated rings. The molecule has 1 aromatic carbocycles. The zero-order valence-electron chi connectivity index (χ0n) is 19.9. The number of aromatic hydroxyl groups is 1. The van der Waals surface area contributed by atoms with Crippen LogP contribution in [0.4, 0.5) is 4.39 Å². The van der Waals surface area contributed by atoms with Crippen molar-refractivity contribution < 1.29 is 38.6 Å². The van der Waals surface area contributed by atoms with Crippen LogP contribution in [-0.4, -0.2) is 76.1 Å². The van der Waals surface area contributed by atoms with Gasteiger partial charge in [0.2, 0.25) is 5.91 Å². The zero-order valence-corrected chi connectivity index (χ0v) is 19.9. The summed E-state index contributed by atoms with van der Waals surface area (Å²) in [6.07, 6.45) is 0.0225. The number of aliphatic carboxylic acids is 1. The number of Topliss-reactive ketones (excluding diaryl/α,β-unsaturated/α-hetero) is 1. The van der Waals surface area contributed by atoms with Gasteiger partial charge in [0.05, 0.1) is 55.4 Å². The summed E-state index contributed by atoms with van der Waals surface area (Å²) in [4.78, 5) is 38.5. The summed E-state index contributed by atoms with van der Waals surface area (Å²) in [7, 11) is 1.99. The average Bonchev–Trinajstić information content (AvgIpc) is 3.22. The largest absolute Gasteiger partial charge is 0.543 e. The minimum Gasteiger partial charge on any atom is -0.543 e. The topological polar surface area (TPSA) is 118 Å². The smallest absolute Gasteiger partial charge is 0.235 e. The molecule has 3 aliphatic rings. The summed E-state index contributed by atoms with van der Waals surface area (Å²) in [6.45, 7) is 6.56. The first-order valence-corrected chi connectivity index (χ1v) is 11.7. The predicted molar refractivity (Wildman–Crippen MR) is 118 cm³/mol. The number of carboxylic acid groups (broad SMARTS) is 1. The number of β-lactam (4-membered cyclic amide) rings is 1. The lowest BCUT2D eigenvalue weighted by atomic mass is 9.77. The number of aliphatic hydroxyl groups is 1. The molecule has 184 valence electrons. The van der Waals surface area contributed by atoms with Crippen LogP contribution >= 0.6 is 0 Å². The van der Waals surface area contributed by atoms with Gasteiger partial charge in [0.15, 0.2) is 5.78 Å². The predicted octanol–water partition coefficient (Wildman–Crippen LogP) is 0.741. The lowest BCUT2D eigenvalue weighted by Crippen LogP contribution is -2.64. The molecule has 6 atom stereocenters. The molecular weight excluding hydrogens is 443 g/mol. The van der Waals surface area contributed by atoms with E-state index in [1.54, 1.807) is 0 Å². The highest BCUT2D eigenvalue weighted by Gasteiger charge is 2.59. The Labute approximate surface area is 197 Å². The van der Waals surface area contributed by atoms with Crippen LogP contribution in [0.3, 0.4) is 0 Å². The second-order valence-corrected chi connectivity index (χ2v) is 10.5. The molecule has 0 bridgehead atoms. The number of benzene rings is 1. The van der Waals surface area contributed by atoms with Gasteiger partial charge < -0.3 is 29.5 Å². The number of halogens is 1. The van der Waals surface area contributed by atoms with Crippen LogP contribution < -0.4 is 5.11 Å². The van der Waals surface area contributed by atoms with Crippen molar-refractivity contribution in [2.75, 3.05) is 26.7 Å². The summed E-state index contributed by atoms with van der Waals surface area (Å²) < 4.78 is 15.0. The normalized spacial score (nSPS) is 31.5. The number of carboxylic acids is 1. The van der Waals surface area contributed by atoms with Crippen LogP contribution in [0.25, 0.3) is 0 Å². The number of rotatable bonds is 7. The molecule has 0 radical (unpaired) electrons. The lowest BCUT2D eigenvalue weighted by Gasteiger charge is -2.47. The number of fused-ring (bicyclic) bond motifs is 1. The van der Waals surface area contributed by atoms with Crippen LogP contribution in [0, 0.1) is 30.5 Å². The number of aliphatic hydroxyl groups excluding tert-OH is 1. The number of nitrogens with zero attached hydrogens (tertiary/aromatic N) is 2. The van der Waals surface area contributed by atoms with E-state index >= 15 is 0 Å². The number of phenolic OH excluding ortho intramolecular Hbond substituents is 1. The lowest BCUT2D eigenvalue weighted by molar-refractivity contribution is -0.894. The van der Waals surface area contributed by atoms with Crippen molar-refractivity contribution in [3.8, 4) is 5.75 Å².